The first-order chi connectivity index (χ1) is 9.33. The molecular weight excluding hydrogens is 297 g/mol. The molecule has 0 aromatic heterocycles. The molecule has 0 amide bonds. The van der Waals surface area contributed by atoms with Crippen LogP contribution in [0.3, 0.4) is 0 Å². The maximum Gasteiger partial charge on any atom is 0.310 e. The summed E-state index contributed by atoms with van der Waals surface area (Å²) in [6.45, 7) is 5.28. The Balaban J connectivity index is 2.22. The van der Waals surface area contributed by atoms with Crippen molar-refractivity contribution in [3.63, 3.8) is 0 Å². The van der Waals surface area contributed by atoms with E-state index in [0.717, 1.165) is 24.9 Å². The van der Waals surface area contributed by atoms with Crippen molar-refractivity contribution < 1.29 is 9.90 Å². The SMILES string of the molecule is CC(c1cc(Cl)ccc1Cl)N1CCCC(C)(C(=O)O)C1. The van der Waals surface area contributed by atoms with Crippen molar-refractivity contribution in [2.45, 2.75) is 32.7 Å². The molecule has 1 aromatic carbocycles. The molecule has 0 spiro atoms. The van der Waals surface area contributed by atoms with Crippen LogP contribution in [0, 0.1) is 5.41 Å². The van der Waals surface area contributed by atoms with Gasteiger partial charge in [0.05, 0.1) is 5.41 Å². The summed E-state index contributed by atoms with van der Waals surface area (Å²) in [5, 5.41) is 10.7. The van der Waals surface area contributed by atoms with Crippen molar-refractivity contribution in [3.8, 4) is 0 Å². The lowest BCUT2D eigenvalue weighted by Crippen LogP contribution is -2.46. The maximum atomic E-state index is 11.4. The van der Waals surface area contributed by atoms with E-state index in [4.69, 9.17) is 23.2 Å². The number of benzene rings is 1. The number of aliphatic carboxylic acids is 1. The number of rotatable bonds is 3. The molecule has 0 bridgehead atoms. The van der Waals surface area contributed by atoms with Crippen LogP contribution in [0.25, 0.3) is 0 Å². The smallest absolute Gasteiger partial charge is 0.310 e. The zero-order valence-electron chi connectivity index (χ0n) is 11.7. The standard InChI is InChI=1S/C15H19Cl2NO2/c1-10(12-8-11(16)4-5-13(12)17)18-7-3-6-15(2,9-18)14(19)20/h4-5,8,10H,3,6-7,9H2,1-2H3,(H,19,20). The van der Waals surface area contributed by atoms with Crippen LogP contribution in [0.15, 0.2) is 18.2 Å². The van der Waals surface area contributed by atoms with Crippen molar-refractivity contribution in [1.82, 2.24) is 4.90 Å². The normalized spacial score (nSPS) is 25.4. The highest BCUT2D eigenvalue weighted by Gasteiger charge is 2.39. The Morgan fingerprint density at radius 2 is 2.15 bits per heavy atom. The topological polar surface area (TPSA) is 40.5 Å². The number of hydrogen-bond donors (Lipinski definition) is 1. The van der Waals surface area contributed by atoms with Crippen LogP contribution in [0.1, 0.15) is 38.3 Å². The van der Waals surface area contributed by atoms with E-state index < -0.39 is 11.4 Å². The van der Waals surface area contributed by atoms with Gasteiger partial charge in [-0.1, -0.05) is 23.2 Å². The van der Waals surface area contributed by atoms with Crippen LogP contribution in [-0.2, 0) is 4.79 Å². The summed E-state index contributed by atoms with van der Waals surface area (Å²) in [6.07, 6.45) is 1.60. The Morgan fingerprint density at radius 1 is 1.45 bits per heavy atom. The number of carboxylic acid groups (broad SMARTS) is 1. The molecule has 1 saturated heterocycles. The molecule has 1 aromatic rings. The summed E-state index contributed by atoms with van der Waals surface area (Å²) in [4.78, 5) is 13.6. The van der Waals surface area contributed by atoms with Crippen LogP contribution in [0.4, 0.5) is 0 Å². The lowest BCUT2D eigenvalue weighted by molar-refractivity contribution is -0.151. The highest BCUT2D eigenvalue weighted by molar-refractivity contribution is 6.33. The minimum absolute atomic E-state index is 0.0557. The molecular formula is C15H19Cl2NO2. The lowest BCUT2D eigenvalue weighted by Gasteiger charge is -2.41. The molecule has 1 aliphatic heterocycles. The minimum atomic E-state index is -0.730. The van der Waals surface area contributed by atoms with E-state index in [2.05, 4.69) is 4.90 Å². The molecule has 110 valence electrons. The summed E-state index contributed by atoms with van der Waals surface area (Å²) in [6, 6.07) is 5.47. The Kier molecular flexibility index (Phi) is 4.62. The van der Waals surface area contributed by atoms with Gasteiger partial charge in [-0.05, 0) is 57.0 Å². The van der Waals surface area contributed by atoms with E-state index in [9.17, 15) is 9.90 Å². The van der Waals surface area contributed by atoms with Crippen molar-refractivity contribution in [2.75, 3.05) is 13.1 Å². The van der Waals surface area contributed by atoms with E-state index in [0.29, 0.717) is 16.6 Å². The van der Waals surface area contributed by atoms with E-state index in [-0.39, 0.29) is 6.04 Å². The Morgan fingerprint density at radius 3 is 2.80 bits per heavy atom. The van der Waals surface area contributed by atoms with Crippen molar-refractivity contribution >= 4 is 29.2 Å². The number of hydrogen-bond acceptors (Lipinski definition) is 2. The summed E-state index contributed by atoms with van der Waals surface area (Å²) in [5.74, 6) is -0.730. The first kappa shape index (κ1) is 15.6. The first-order valence-electron chi connectivity index (χ1n) is 6.76. The molecule has 3 nitrogen and oxygen atoms in total. The number of nitrogens with zero attached hydrogens (tertiary/aromatic N) is 1. The molecule has 0 saturated carbocycles. The molecule has 2 unspecified atom stereocenters. The van der Waals surface area contributed by atoms with Crippen LogP contribution in [0.5, 0.6) is 0 Å². The summed E-state index contributed by atoms with van der Waals surface area (Å²) >= 11 is 12.3. The second-order valence-corrected chi connectivity index (χ2v) is 6.63. The van der Waals surface area contributed by atoms with Gasteiger partial charge in [0.1, 0.15) is 0 Å². The van der Waals surface area contributed by atoms with Crippen LogP contribution >= 0.6 is 23.2 Å². The highest BCUT2D eigenvalue weighted by atomic mass is 35.5. The van der Waals surface area contributed by atoms with Crippen LogP contribution in [-0.4, -0.2) is 29.1 Å². The first-order valence-corrected chi connectivity index (χ1v) is 7.51. The second kappa shape index (κ2) is 5.92. The number of piperidine rings is 1. The molecule has 0 aliphatic carbocycles. The van der Waals surface area contributed by atoms with Crippen molar-refractivity contribution in [1.29, 1.82) is 0 Å². The Bertz CT molecular complexity index is 521. The number of halogens is 2. The van der Waals surface area contributed by atoms with Crippen LogP contribution < -0.4 is 0 Å². The Labute approximate surface area is 129 Å². The molecule has 20 heavy (non-hydrogen) atoms. The largest absolute Gasteiger partial charge is 0.481 e. The fourth-order valence-corrected chi connectivity index (χ4v) is 3.27. The molecule has 5 heteroatoms. The zero-order valence-corrected chi connectivity index (χ0v) is 13.2. The van der Waals surface area contributed by atoms with Crippen molar-refractivity contribution in [2.24, 2.45) is 5.41 Å². The van der Waals surface area contributed by atoms with E-state index in [1.165, 1.54) is 0 Å². The fraction of sp³-hybridized carbons (Fsp3) is 0.533. The average molecular weight is 316 g/mol. The molecule has 1 fully saturated rings. The predicted molar refractivity (Wildman–Crippen MR) is 81.4 cm³/mol. The number of likely N-dealkylation sites (tertiary alicyclic amines) is 1. The van der Waals surface area contributed by atoms with E-state index in [1.54, 1.807) is 12.1 Å². The van der Waals surface area contributed by atoms with Crippen LogP contribution in [0.2, 0.25) is 10.0 Å². The lowest BCUT2D eigenvalue weighted by atomic mass is 9.81. The van der Waals surface area contributed by atoms with E-state index in [1.807, 2.05) is 19.9 Å². The predicted octanol–water partition coefficient (Wildman–Crippen LogP) is 4.24. The summed E-state index contributed by atoms with van der Waals surface area (Å²) in [7, 11) is 0. The quantitative estimate of drug-likeness (QED) is 0.906. The van der Waals surface area contributed by atoms with Gasteiger partial charge in [-0.2, -0.15) is 0 Å². The number of carbonyl (C=O) groups is 1. The summed E-state index contributed by atoms with van der Waals surface area (Å²) in [5.41, 5.74) is 0.270. The molecule has 1 aliphatic rings. The van der Waals surface area contributed by atoms with Gasteiger partial charge in [0.25, 0.3) is 0 Å². The summed E-state index contributed by atoms with van der Waals surface area (Å²) < 4.78 is 0. The van der Waals surface area contributed by atoms with E-state index >= 15 is 0 Å². The maximum absolute atomic E-state index is 11.4. The highest BCUT2D eigenvalue weighted by Crippen LogP contribution is 2.36. The third-order valence-corrected chi connectivity index (χ3v) is 4.78. The third kappa shape index (κ3) is 3.11. The van der Waals surface area contributed by atoms with Gasteiger partial charge in [0, 0.05) is 22.6 Å². The third-order valence-electron chi connectivity index (χ3n) is 4.20. The minimum Gasteiger partial charge on any atom is -0.481 e. The van der Waals surface area contributed by atoms with Gasteiger partial charge in [-0.15, -0.1) is 0 Å². The van der Waals surface area contributed by atoms with Gasteiger partial charge >= 0.3 is 5.97 Å². The van der Waals surface area contributed by atoms with Crippen molar-refractivity contribution in [3.05, 3.63) is 33.8 Å². The van der Waals surface area contributed by atoms with Gasteiger partial charge in [-0.3, -0.25) is 9.69 Å². The monoisotopic (exact) mass is 315 g/mol. The number of carboxylic acids is 1. The average Bonchev–Trinajstić information content (AvgIpc) is 2.40. The molecule has 1 heterocycles. The van der Waals surface area contributed by atoms with Gasteiger partial charge in [0.2, 0.25) is 0 Å². The zero-order chi connectivity index (χ0) is 14.9. The molecule has 2 atom stereocenters. The van der Waals surface area contributed by atoms with Gasteiger partial charge < -0.3 is 5.11 Å². The Hall–Kier alpha value is -0.770. The molecule has 1 N–H and O–H groups in total. The van der Waals surface area contributed by atoms with Gasteiger partial charge in [-0.25, -0.2) is 0 Å². The molecule has 0 radical (unpaired) electrons. The van der Waals surface area contributed by atoms with Gasteiger partial charge in [0.15, 0.2) is 0 Å². The second-order valence-electron chi connectivity index (χ2n) is 5.78. The fourth-order valence-electron chi connectivity index (χ4n) is 2.82. The molecule has 2 rings (SSSR count).